The lowest BCUT2D eigenvalue weighted by Crippen LogP contribution is -2.48. The minimum Gasteiger partial charge on any atom is -0.457 e. The molecule has 0 aromatic heterocycles. The molecule has 3 aromatic rings. The van der Waals surface area contributed by atoms with Crippen LogP contribution in [0.5, 0.6) is 11.5 Å². The molecule has 2 fully saturated rings. The van der Waals surface area contributed by atoms with Gasteiger partial charge in [0.25, 0.3) is 5.91 Å². The lowest BCUT2D eigenvalue weighted by Gasteiger charge is -2.40. The first kappa shape index (κ1) is 30.8. The van der Waals surface area contributed by atoms with Gasteiger partial charge in [0, 0.05) is 67.7 Å². The van der Waals surface area contributed by atoms with Crippen LogP contribution in [0.1, 0.15) is 85.3 Å². The van der Waals surface area contributed by atoms with E-state index in [0.717, 1.165) is 106 Å². The second-order valence-electron chi connectivity index (χ2n) is 13.5. The van der Waals surface area contributed by atoms with Crippen molar-refractivity contribution in [2.24, 2.45) is 0 Å². The van der Waals surface area contributed by atoms with Gasteiger partial charge < -0.3 is 19.9 Å². The number of hydrogen-bond acceptors (Lipinski definition) is 5. The number of benzene rings is 3. The highest BCUT2D eigenvalue weighted by molar-refractivity contribution is 5.98. The van der Waals surface area contributed by atoms with E-state index in [-0.39, 0.29) is 11.8 Å². The number of nitrogens with one attached hydrogen (secondary N) is 1. The maximum absolute atomic E-state index is 13.9. The lowest BCUT2D eigenvalue weighted by atomic mass is 9.68. The molecule has 1 N–H and O–H groups in total. The Morgan fingerprint density at radius 3 is 2.26 bits per heavy atom. The van der Waals surface area contributed by atoms with Crippen LogP contribution in [-0.4, -0.2) is 73.5 Å². The van der Waals surface area contributed by atoms with Crippen LogP contribution in [0.2, 0.25) is 0 Å². The highest BCUT2D eigenvalue weighted by Crippen LogP contribution is 2.50. The molecule has 1 saturated heterocycles. The molecule has 7 heteroatoms. The van der Waals surface area contributed by atoms with Crippen LogP contribution in [0, 0.1) is 0 Å². The summed E-state index contributed by atoms with van der Waals surface area (Å²) in [7, 11) is 0. The summed E-state index contributed by atoms with van der Waals surface area (Å²) < 4.78 is 6.26. The van der Waals surface area contributed by atoms with Crippen LogP contribution >= 0.6 is 0 Å². The van der Waals surface area contributed by atoms with E-state index in [2.05, 4.69) is 50.3 Å². The Labute approximate surface area is 273 Å². The largest absolute Gasteiger partial charge is 0.457 e. The maximum Gasteiger partial charge on any atom is 0.254 e. The van der Waals surface area contributed by atoms with Crippen LogP contribution in [0.4, 0.5) is 5.69 Å². The fraction of sp³-hybridized carbons (Fsp3) is 0.487. The van der Waals surface area contributed by atoms with Crippen molar-refractivity contribution in [3.8, 4) is 11.5 Å². The molecule has 1 saturated carbocycles. The van der Waals surface area contributed by atoms with E-state index in [1.54, 1.807) is 0 Å². The minimum absolute atomic E-state index is 0.0530. The van der Waals surface area contributed by atoms with Gasteiger partial charge in [-0.25, -0.2) is 0 Å². The first-order valence-electron chi connectivity index (χ1n) is 17.6. The molecule has 0 bridgehead atoms. The van der Waals surface area contributed by atoms with Crippen molar-refractivity contribution in [1.29, 1.82) is 0 Å². The third kappa shape index (κ3) is 5.79. The Morgan fingerprint density at radius 2 is 1.57 bits per heavy atom. The molecule has 3 heterocycles. The zero-order chi connectivity index (χ0) is 31.5. The smallest absolute Gasteiger partial charge is 0.254 e. The molecule has 0 atom stereocenters. The third-order valence-corrected chi connectivity index (χ3v) is 10.9. The Kier molecular flexibility index (Phi) is 9.03. The molecule has 7 rings (SSSR count). The monoisotopic (exact) mass is 620 g/mol. The number of carbonyl (C=O) groups excluding carboxylic acids is 2. The Bertz CT molecular complexity index is 1510. The molecule has 242 valence electrons. The summed E-state index contributed by atoms with van der Waals surface area (Å²) in [6.45, 7) is 8.37. The molecule has 2 amide bonds. The number of carbonyl (C=O) groups is 2. The topological polar surface area (TPSA) is 65.1 Å². The van der Waals surface area contributed by atoms with Crippen LogP contribution in [0.3, 0.4) is 0 Å². The standard InChI is InChI=1S/C39H48N4O3/c1-2-40-38(45)39(33-14-6-8-16-35(33)46-36-17-9-7-15-34(36)39)21-10-11-22-41-24-26-42(27-25-41)31-19-18-29-20-23-43(37(44)32(29)28-31)30-12-4-3-5-13-30/h6-9,14-19,28,30H,2-5,10-13,20-27H2,1H3,(H,40,45). The summed E-state index contributed by atoms with van der Waals surface area (Å²) in [4.78, 5) is 34.7. The van der Waals surface area contributed by atoms with Gasteiger partial charge >= 0.3 is 0 Å². The summed E-state index contributed by atoms with van der Waals surface area (Å²) in [6, 6.07) is 23.1. The van der Waals surface area contributed by atoms with E-state index in [1.165, 1.54) is 30.5 Å². The van der Waals surface area contributed by atoms with Gasteiger partial charge in [0.2, 0.25) is 5.91 Å². The van der Waals surface area contributed by atoms with Gasteiger partial charge in [0.05, 0.1) is 0 Å². The zero-order valence-corrected chi connectivity index (χ0v) is 27.3. The van der Waals surface area contributed by atoms with Gasteiger partial charge in [0.15, 0.2) is 0 Å². The van der Waals surface area contributed by atoms with Crippen molar-refractivity contribution in [2.75, 3.05) is 50.7 Å². The maximum atomic E-state index is 13.9. The summed E-state index contributed by atoms with van der Waals surface area (Å²) in [5, 5.41) is 3.16. The highest BCUT2D eigenvalue weighted by atomic mass is 16.5. The van der Waals surface area contributed by atoms with E-state index >= 15 is 0 Å². The lowest BCUT2D eigenvalue weighted by molar-refractivity contribution is -0.125. The number of piperazine rings is 1. The number of nitrogens with zero attached hydrogens (tertiary/aromatic N) is 3. The summed E-state index contributed by atoms with van der Waals surface area (Å²) in [5.74, 6) is 1.84. The number of anilines is 1. The molecule has 4 aliphatic rings. The predicted octanol–water partition coefficient (Wildman–Crippen LogP) is 6.54. The van der Waals surface area contributed by atoms with Crippen molar-refractivity contribution in [2.45, 2.75) is 76.2 Å². The van der Waals surface area contributed by atoms with Crippen molar-refractivity contribution < 1.29 is 14.3 Å². The molecule has 7 nitrogen and oxygen atoms in total. The second-order valence-corrected chi connectivity index (χ2v) is 13.5. The van der Waals surface area contributed by atoms with Gasteiger partial charge in [-0.15, -0.1) is 0 Å². The molecule has 0 spiro atoms. The van der Waals surface area contributed by atoms with Crippen LogP contribution in [0.25, 0.3) is 0 Å². The summed E-state index contributed by atoms with van der Waals surface area (Å²) in [6.07, 6.45) is 9.78. The predicted molar refractivity (Wildman–Crippen MR) is 183 cm³/mol. The number of ether oxygens (including phenoxy) is 1. The van der Waals surface area contributed by atoms with Crippen LogP contribution in [-0.2, 0) is 16.6 Å². The van der Waals surface area contributed by atoms with Gasteiger partial charge in [-0.1, -0.05) is 68.1 Å². The number of para-hydroxylation sites is 2. The first-order chi connectivity index (χ1) is 22.6. The SMILES string of the molecule is CCNC(=O)C1(CCCCN2CCN(c3ccc4c(c3)C(=O)N(C3CCCCC3)CC4)CC2)c2ccccc2Oc2ccccc21. The Morgan fingerprint density at radius 1 is 0.870 bits per heavy atom. The van der Waals surface area contributed by atoms with Crippen molar-refractivity contribution in [3.05, 3.63) is 89.0 Å². The molecule has 1 aliphatic carbocycles. The molecule has 3 aromatic carbocycles. The van der Waals surface area contributed by atoms with Crippen LogP contribution in [0.15, 0.2) is 66.7 Å². The van der Waals surface area contributed by atoms with Gasteiger partial charge in [-0.2, -0.15) is 0 Å². The fourth-order valence-corrected chi connectivity index (χ4v) is 8.39. The normalized spacial score (nSPS) is 19.5. The summed E-state index contributed by atoms with van der Waals surface area (Å²) >= 11 is 0. The van der Waals surface area contributed by atoms with E-state index in [0.29, 0.717) is 12.6 Å². The Balaban J connectivity index is 0.974. The average Bonchev–Trinajstić information content (AvgIpc) is 3.10. The van der Waals surface area contributed by atoms with Crippen molar-refractivity contribution in [1.82, 2.24) is 15.1 Å². The quantitative estimate of drug-likeness (QED) is 0.276. The fourth-order valence-electron chi connectivity index (χ4n) is 8.39. The van der Waals surface area contributed by atoms with E-state index in [4.69, 9.17) is 4.74 Å². The van der Waals surface area contributed by atoms with E-state index in [1.807, 2.05) is 43.3 Å². The second kappa shape index (κ2) is 13.5. The zero-order valence-electron chi connectivity index (χ0n) is 27.3. The van der Waals surface area contributed by atoms with Gasteiger partial charge in [-0.3, -0.25) is 14.5 Å². The average molecular weight is 621 g/mol. The Hall–Kier alpha value is -3.84. The van der Waals surface area contributed by atoms with E-state index in [9.17, 15) is 9.59 Å². The molecule has 3 aliphatic heterocycles. The molecule has 46 heavy (non-hydrogen) atoms. The van der Waals surface area contributed by atoms with Crippen LogP contribution < -0.4 is 15.0 Å². The van der Waals surface area contributed by atoms with E-state index < -0.39 is 5.41 Å². The first-order valence-corrected chi connectivity index (χ1v) is 17.6. The number of amides is 2. The number of rotatable bonds is 9. The highest BCUT2D eigenvalue weighted by Gasteiger charge is 2.47. The van der Waals surface area contributed by atoms with Crippen molar-refractivity contribution >= 4 is 17.5 Å². The van der Waals surface area contributed by atoms with Gasteiger partial charge in [0.1, 0.15) is 16.9 Å². The number of unbranched alkanes of at least 4 members (excludes halogenated alkanes) is 1. The molecule has 0 unspecified atom stereocenters. The minimum atomic E-state index is -0.767. The number of hydrogen-bond donors (Lipinski definition) is 1. The molecule has 0 radical (unpaired) electrons. The van der Waals surface area contributed by atoms with Gasteiger partial charge in [-0.05, 0) is 75.4 Å². The molecular formula is C39H48N4O3. The number of fused-ring (bicyclic) bond motifs is 3. The van der Waals surface area contributed by atoms with Crippen molar-refractivity contribution in [3.63, 3.8) is 0 Å². The third-order valence-electron chi connectivity index (χ3n) is 10.9. The summed E-state index contributed by atoms with van der Waals surface area (Å²) in [5.41, 5.74) is 4.46. The number of likely N-dealkylation sites (N-methyl/N-ethyl adjacent to an activating group) is 1. The molecular weight excluding hydrogens is 572 g/mol.